The number of benzene rings is 2. The van der Waals surface area contributed by atoms with Crippen molar-refractivity contribution in [2.45, 2.75) is 18.9 Å². The lowest BCUT2D eigenvalue weighted by atomic mass is 10.1. The summed E-state index contributed by atoms with van der Waals surface area (Å²) in [5.74, 6) is -0.882. The molecule has 2 aromatic rings. The van der Waals surface area contributed by atoms with Crippen LogP contribution in [0.2, 0.25) is 0 Å². The molecule has 0 saturated carbocycles. The van der Waals surface area contributed by atoms with Crippen molar-refractivity contribution in [1.29, 1.82) is 0 Å². The maximum Gasteiger partial charge on any atom is 0.321 e. The molecule has 0 aliphatic heterocycles. The third kappa shape index (κ3) is 6.45. The Morgan fingerprint density at radius 3 is 2.40 bits per heavy atom. The number of anilines is 1. The number of non-ortho nitro benzene ring substituents is 1. The SMILES string of the molecule is COc1ccc(CCNC(CC(=O)Nc2ccc([N+](=O)[O-])cc2OC)C(=O)O)cc1. The van der Waals surface area contributed by atoms with Gasteiger partial charge in [0.25, 0.3) is 5.69 Å². The van der Waals surface area contributed by atoms with E-state index in [0.717, 1.165) is 11.3 Å². The van der Waals surface area contributed by atoms with Gasteiger partial charge in [-0.25, -0.2) is 0 Å². The molecule has 30 heavy (non-hydrogen) atoms. The summed E-state index contributed by atoms with van der Waals surface area (Å²) in [5.41, 5.74) is 1.02. The number of methoxy groups -OCH3 is 2. The van der Waals surface area contributed by atoms with Gasteiger partial charge in [-0.1, -0.05) is 12.1 Å². The number of rotatable bonds is 11. The van der Waals surface area contributed by atoms with Crippen molar-refractivity contribution >= 4 is 23.3 Å². The van der Waals surface area contributed by atoms with Gasteiger partial charge >= 0.3 is 5.97 Å². The molecule has 0 bridgehead atoms. The first kappa shape index (κ1) is 22.6. The van der Waals surface area contributed by atoms with Crippen molar-refractivity contribution in [3.63, 3.8) is 0 Å². The van der Waals surface area contributed by atoms with Gasteiger partial charge in [0.1, 0.15) is 17.5 Å². The van der Waals surface area contributed by atoms with E-state index in [1.165, 1.54) is 25.3 Å². The van der Waals surface area contributed by atoms with Crippen LogP contribution in [-0.4, -0.2) is 48.7 Å². The molecule has 10 heteroatoms. The minimum Gasteiger partial charge on any atom is -0.497 e. The lowest BCUT2D eigenvalue weighted by molar-refractivity contribution is -0.384. The number of nitro groups is 1. The number of carbonyl (C=O) groups excluding carboxylic acids is 1. The zero-order valence-electron chi connectivity index (χ0n) is 16.6. The predicted octanol–water partition coefficient (Wildman–Crippen LogP) is 2.23. The highest BCUT2D eigenvalue weighted by Crippen LogP contribution is 2.29. The van der Waals surface area contributed by atoms with E-state index in [9.17, 15) is 24.8 Å². The summed E-state index contributed by atoms with van der Waals surface area (Å²) in [4.78, 5) is 34.1. The molecule has 3 N–H and O–H groups in total. The molecule has 2 rings (SSSR count). The van der Waals surface area contributed by atoms with Gasteiger partial charge < -0.3 is 25.2 Å². The van der Waals surface area contributed by atoms with E-state index >= 15 is 0 Å². The van der Waals surface area contributed by atoms with Crippen LogP contribution in [-0.2, 0) is 16.0 Å². The fourth-order valence-corrected chi connectivity index (χ4v) is 2.71. The fourth-order valence-electron chi connectivity index (χ4n) is 2.71. The number of carboxylic acid groups (broad SMARTS) is 1. The smallest absolute Gasteiger partial charge is 0.321 e. The van der Waals surface area contributed by atoms with Gasteiger partial charge in [0.2, 0.25) is 5.91 Å². The van der Waals surface area contributed by atoms with Gasteiger partial charge in [0, 0.05) is 6.07 Å². The van der Waals surface area contributed by atoms with E-state index in [1.807, 2.05) is 24.3 Å². The summed E-state index contributed by atoms with van der Waals surface area (Å²) in [5, 5.41) is 25.6. The van der Waals surface area contributed by atoms with Crippen LogP contribution in [0.3, 0.4) is 0 Å². The maximum atomic E-state index is 12.3. The summed E-state index contributed by atoms with van der Waals surface area (Å²) < 4.78 is 10.2. The Morgan fingerprint density at radius 2 is 1.83 bits per heavy atom. The first-order valence-corrected chi connectivity index (χ1v) is 9.05. The van der Waals surface area contributed by atoms with Crippen molar-refractivity contribution in [3.8, 4) is 11.5 Å². The second-order valence-electron chi connectivity index (χ2n) is 6.34. The average Bonchev–Trinajstić information content (AvgIpc) is 2.73. The molecule has 0 spiro atoms. The third-order valence-corrected chi connectivity index (χ3v) is 4.32. The maximum absolute atomic E-state index is 12.3. The standard InChI is InChI=1S/C20H23N3O7/c1-29-15-6-3-13(4-7-15)9-10-21-17(20(25)26)12-19(24)22-16-8-5-14(23(27)28)11-18(16)30-2/h3-8,11,17,21H,9-10,12H2,1-2H3,(H,22,24)(H,25,26). The summed E-state index contributed by atoms with van der Waals surface area (Å²) in [6, 6.07) is 10.0. The minimum atomic E-state index is -1.16. The molecular weight excluding hydrogens is 394 g/mol. The molecule has 0 radical (unpaired) electrons. The van der Waals surface area contributed by atoms with Crippen LogP contribution in [0.1, 0.15) is 12.0 Å². The largest absolute Gasteiger partial charge is 0.497 e. The number of carbonyl (C=O) groups is 2. The molecule has 0 aliphatic carbocycles. The van der Waals surface area contributed by atoms with Crippen LogP contribution < -0.4 is 20.1 Å². The Kier molecular flexibility index (Phi) is 8.12. The number of nitrogens with zero attached hydrogens (tertiary/aromatic N) is 1. The van der Waals surface area contributed by atoms with Crippen molar-refractivity contribution < 1.29 is 29.1 Å². The number of hydrogen-bond donors (Lipinski definition) is 3. The van der Waals surface area contributed by atoms with Crippen molar-refractivity contribution in [2.24, 2.45) is 0 Å². The Balaban J connectivity index is 1.93. The number of nitro benzene ring substituents is 1. The van der Waals surface area contributed by atoms with E-state index in [1.54, 1.807) is 7.11 Å². The Hall–Kier alpha value is -3.66. The summed E-state index contributed by atoms with van der Waals surface area (Å²) in [6.07, 6.45) is 0.254. The van der Waals surface area contributed by atoms with E-state index in [2.05, 4.69) is 10.6 Å². The first-order chi connectivity index (χ1) is 14.3. The number of amides is 1. The van der Waals surface area contributed by atoms with Crippen LogP contribution >= 0.6 is 0 Å². The van der Waals surface area contributed by atoms with Gasteiger partial charge in [0.05, 0.1) is 37.3 Å². The number of ether oxygens (including phenoxy) is 2. The minimum absolute atomic E-state index is 0.108. The quantitative estimate of drug-likeness (QED) is 0.373. The summed E-state index contributed by atoms with van der Waals surface area (Å²) >= 11 is 0. The Labute approximate surface area is 173 Å². The molecule has 0 saturated heterocycles. The van der Waals surface area contributed by atoms with Gasteiger partial charge in [-0.3, -0.25) is 19.7 Å². The molecule has 0 aliphatic rings. The highest BCUT2D eigenvalue weighted by atomic mass is 16.6. The van der Waals surface area contributed by atoms with E-state index in [-0.39, 0.29) is 23.5 Å². The van der Waals surface area contributed by atoms with Crippen molar-refractivity contribution in [3.05, 3.63) is 58.1 Å². The second-order valence-corrected chi connectivity index (χ2v) is 6.34. The zero-order chi connectivity index (χ0) is 22.1. The highest BCUT2D eigenvalue weighted by Gasteiger charge is 2.22. The Morgan fingerprint density at radius 1 is 1.13 bits per heavy atom. The molecule has 1 amide bonds. The monoisotopic (exact) mass is 417 g/mol. The van der Waals surface area contributed by atoms with E-state index < -0.39 is 22.8 Å². The highest BCUT2D eigenvalue weighted by molar-refractivity contribution is 5.95. The lowest BCUT2D eigenvalue weighted by Crippen LogP contribution is -2.40. The predicted molar refractivity (Wildman–Crippen MR) is 109 cm³/mol. The van der Waals surface area contributed by atoms with Crippen molar-refractivity contribution in [1.82, 2.24) is 5.32 Å². The molecule has 2 aromatic carbocycles. The van der Waals surface area contributed by atoms with Crippen molar-refractivity contribution in [2.75, 3.05) is 26.1 Å². The van der Waals surface area contributed by atoms with E-state index in [4.69, 9.17) is 9.47 Å². The zero-order valence-corrected chi connectivity index (χ0v) is 16.6. The number of hydrogen-bond acceptors (Lipinski definition) is 7. The van der Waals surface area contributed by atoms with Crippen LogP contribution in [0, 0.1) is 10.1 Å². The number of aliphatic carboxylic acids is 1. The van der Waals surface area contributed by atoms with Gasteiger partial charge in [-0.05, 0) is 36.7 Å². The topological polar surface area (TPSA) is 140 Å². The molecular formula is C20H23N3O7. The summed E-state index contributed by atoms with van der Waals surface area (Å²) in [7, 11) is 2.89. The van der Waals surface area contributed by atoms with Gasteiger partial charge in [0.15, 0.2) is 0 Å². The van der Waals surface area contributed by atoms with Crippen LogP contribution in [0.4, 0.5) is 11.4 Å². The normalized spacial score (nSPS) is 11.4. The molecule has 0 fully saturated rings. The van der Waals surface area contributed by atoms with Crippen LogP contribution in [0.25, 0.3) is 0 Å². The number of carboxylic acids is 1. The third-order valence-electron chi connectivity index (χ3n) is 4.32. The number of nitrogens with one attached hydrogen (secondary N) is 2. The molecule has 1 unspecified atom stereocenters. The fraction of sp³-hybridized carbons (Fsp3) is 0.300. The second kappa shape index (κ2) is 10.8. The Bertz CT molecular complexity index is 900. The lowest BCUT2D eigenvalue weighted by Gasteiger charge is -2.15. The molecule has 160 valence electrons. The van der Waals surface area contributed by atoms with Crippen LogP contribution in [0.15, 0.2) is 42.5 Å². The van der Waals surface area contributed by atoms with Crippen LogP contribution in [0.5, 0.6) is 11.5 Å². The first-order valence-electron chi connectivity index (χ1n) is 9.05. The van der Waals surface area contributed by atoms with E-state index in [0.29, 0.717) is 13.0 Å². The van der Waals surface area contributed by atoms with Gasteiger partial charge in [-0.15, -0.1) is 0 Å². The molecule has 0 aromatic heterocycles. The van der Waals surface area contributed by atoms with Gasteiger partial charge in [-0.2, -0.15) is 0 Å². The summed E-state index contributed by atoms with van der Waals surface area (Å²) in [6.45, 7) is 0.359. The molecule has 1 atom stereocenters. The average molecular weight is 417 g/mol. The molecule has 0 heterocycles. The molecule has 10 nitrogen and oxygen atoms in total.